The molecule has 136 valence electrons. The van der Waals surface area contributed by atoms with Gasteiger partial charge in [0.25, 0.3) is 0 Å². The van der Waals surface area contributed by atoms with Crippen LogP contribution >= 0.6 is 0 Å². The van der Waals surface area contributed by atoms with Crippen LogP contribution in [0.15, 0.2) is 4.99 Å². The molecule has 0 aromatic heterocycles. The molecule has 3 aliphatic rings. The molecule has 0 aromatic carbocycles. The second kappa shape index (κ2) is 8.72. The minimum absolute atomic E-state index is 0.214. The minimum atomic E-state index is 0.214. The van der Waals surface area contributed by atoms with Gasteiger partial charge in [-0.2, -0.15) is 0 Å². The Morgan fingerprint density at radius 1 is 0.958 bits per heavy atom. The van der Waals surface area contributed by atoms with Crippen molar-refractivity contribution in [3.63, 3.8) is 0 Å². The highest BCUT2D eigenvalue weighted by Crippen LogP contribution is 2.35. The highest BCUT2D eigenvalue weighted by atomic mass is 16.1. The van der Waals surface area contributed by atoms with Gasteiger partial charge < -0.3 is 15.5 Å². The van der Waals surface area contributed by atoms with Crippen molar-refractivity contribution in [2.24, 2.45) is 22.7 Å². The van der Waals surface area contributed by atoms with E-state index >= 15 is 0 Å². The molecule has 2 atom stereocenters. The summed E-state index contributed by atoms with van der Waals surface area (Å²) < 4.78 is 0. The van der Waals surface area contributed by atoms with E-state index in [1.807, 2.05) is 7.05 Å². The van der Waals surface area contributed by atoms with Gasteiger partial charge in [0.1, 0.15) is 0 Å². The first-order valence-corrected chi connectivity index (χ1v) is 9.98. The standard InChI is InChI=1S/C19H34N4O/c1-20-19(23-13-16-8-4-5-9-17(16)14-23)22-11-10-21-18(24)12-15-6-2-3-7-15/h15-17H,2-14H2,1H3,(H,20,22)(H,21,24). The van der Waals surface area contributed by atoms with E-state index in [-0.39, 0.29) is 5.91 Å². The maximum Gasteiger partial charge on any atom is 0.220 e. The number of carbonyl (C=O) groups excluding carboxylic acids is 1. The van der Waals surface area contributed by atoms with E-state index in [2.05, 4.69) is 20.5 Å². The average molecular weight is 335 g/mol. The van der Waals surface area contributed by atoms with Gasteiger partial charge in [0.2, 0.25) is 5.91 Å². The van der Waals surface area contributed by atoms with Crippen molar-refractivity contribution in [2.45, 2.75) is 57.8 Å². The lowest BCUT2D eigenvalue weighted by atomic mass is 9.82. The van der Waals surface area contributed by atoms with Crippen molar-refractivity contribution in [3.05, 3.63) is 0 Å². The molecule has 3 fully saturated rings. The molecular weight excluding hydrogens is 300 g/mol. The first kappa shape index (κ1) is 17.6. The molecule has 2 N–H and O–H groups in total. The fourth-order valence-electron chi connectivity index (χ4n) is 4.84. The highest BCUT2D eigenvalue weighted by Gasteiger charge is 2.35. The summed E-state index contributed by atoms with van der Waals surface area (Å²) in [6, 6.07) is 0. The summed E-state index contributed by atoms with van der Waals surface area (Å²) in [7, 11) is 1.86. The largest absolute Gasteiger partial charge is 0.354 e. The maximum absolute atomic E-state index is 12.0. The number of amides is 1. The van der Waals surface area contributed by atoms with Crippen molar-refractivity contribution in [2.75, 3.05) is 33.2 Å². The Morgan fingerprint density at radius 3 is 2.17 bits per heavy atom. The van der Waals surface area contributed by atoms with Gasteiger partial charge in [-0.1, -0.05) is 25.7 Å². The van der Waals surface area contributed by atoms with Gasteiger partial charge in [-0.05, 0) is 43.4 Å². The summed E-state index contributed by atoms with van der Waals surface area (Å²) in [4.78, 5) is 18.8. The third-order valence-electron chi connectivity index (χ3n) is 6.17. The molecule has 1 heterocycles. The zero-order valence-electron chi connectivity index (χ0n) is 15.2. The van der Waals surface area contributed by atoms with E-state index < -0.39 is 0 Å². The number of guanidine groups is 1. The number of nitrogens with zero attached hydrogens (tertiary/aromatic N) is 2. The molecule has 0 bridgehead atoms. The number of aliphatic imine (C=N–C) groups is 1. The Hall–Kier alpha value is -1.26. The van der Waals surface area contributed by atoms with Crippen molar-refractivity contribution in [3.8, 4) is 0 Å². The van der Waals surface area contributed by atoms with Gasteiger partial charge in [-0.15, -0.1) is 0 Å². The van der Waals surface area contributed by atoms with Crippen molar-refractivity contribution >= 4 is 11.9 Å². The molecule has 1 amide bonds. The van der Waals surface area contributed by atoms with Gasteiger partial charge in [0.15, 0.2) is 5.96 Å². The lowest BCUT2D eigenvalue weighted by Gasteiger charge is -2.22. The Morgan fingerprint density at radius 2 is 1.54 bits per heavy atom. The van der Waals surface area contributed by atoms with Crippen molar-refractivity contribution < 1.29 is 4.79 Å². The number of fused-ring (bicyclic) bond motifs is 1. The number of carbonyl (C=O) groups is 1. The molecule has 5 heteroatoms. The smallest absolute Gasteiger partial charge is 0.220 e. The lowest BCUT2D eigenvalue weighted by Crippen LogP contribution is -2.43. The number of rotatable bonds is 5. The van der Waals surface area contributed by atoms with E-state index in [0.717, 1.165) is 37.4 Å². The number of hydrogen-bond acceptors (Lipinski definition) is 2. The summed E-state index contributed by atoms with van der Waals surface area (Å²) >= 11 is 0. The summed E-state index contributed by atoms with van der Waals surface area (Å²) in [5, 5.41) is 6.49. The molecule has 24 heavy (non-hydrogen) atoms. The van der Waals surface area contributed by atoms with E-state index in [4.69, 9.17) is 0 Å². The fraction of sp³-hybridized carbons (Fsp3) is 0.895. The lowest BCUT2D eigenvalue weighted by molar-refractivity contribution is -0.121. The monoisotopic (exact) mass is 334 g/mol. The summed E-state index contributed by atoms with van der Waals surface area (Å²) in [6.07, 6.45) is 11.3. The zero-order chi connectivity index (χ0) is 16.8. The first-order valence-electron chi connectivity index (χ1n) is 9.98. The van der Waals surface area contributed by atoms with E-state index in [1.54, 1.807) is 0 Å². The quantitative estimate of drug-likeness (QED) is 0.461. The number of likely N-dealkylation sites (tertiary alicyclic amines) is 1. The predicted molar refractivity (Wildman–Crippen MR) is 98.0 cm³/mol. The third-order valence-corrected chi connectivity index (χ3v) is 6.17. The Bertz CT molecular complexity index is 431. The van der Waals surface area contributed by atoms with Crippen LogP contribution in [0.3, 0.4) is 0 Å². The van der Waals surface area contributed by atoms with Gasteiger partial charge in [0.05, 0.1) is 0 Å². The maximum atomic E-state index is 12.0. The van der Waals surface area contributed by atoms with E-state index in [9.17, 15) is 4.79 Å². The van der Waals surface area contributed by atoms with Crippen LogP contribution in [0, 0.1) is 17.8 Å². The molecular formula is C19H34N4O. The molecule has 0 aromatic rings. The second-order valence-corrected chi connectivity index (χ2v) is 7.89. The SMILES string of the molecule is CN=C(NCCNC(=O)CC1CCCC1)N1CC2CCCCC2C1. The van der Waals surface area contributed by atoms with Crippen LogP contribution in [0.25, 0.3) is 0 Å². The van der Waals surface area contributed by atoms with Crippen LogP contribution < -0.4 is 10.6 Å². The Labute approximate surface area is 146 Å². The Kier molecular flexibility index (Phi) is 6.38. The molecule has 2 aliphatic carbocycles. The van der Waals surface area contributed by atoms with Crippen molar-refractivity contribution in [1.82, 2.24) is 15.5 Å². The van der Waals surface area contributed by atoms with E-state index in [1.165, 1.54) is 51.4 Å². The normalized spacial score (nSPS) is 28.0. The second-order valence-electron chi connectivity index (χ2n) is 7.89. The van der Waals surface area contributed by atoms with Crippen LogP contribution in [-0.2, 0) is 4.79 Å². The number of nitrogens with one attached hydrogen (secondary N) is 2. The zero-order valence-corrected chi connectivity index (χ0v) is 15.2. The molecule has 1 saturated heterocycles. The van der Waals surface area contributed by atoms with Gasteiger partial charge in [-0.3, -0.25) is 9.79 Å². The number of hydrogen-bond donors (Lipinski definition) is 2. The first-order chi connectivity index (χ1) is 11.8. The van der Waals surface area contributed by atoms with Crippen molar-refractivity contribution in [1.29, 1.82) is 0 Å². The van der Waals surface area contributed by atoms with Gasteiger partial charge in [-0.25, -0.2) is 0 Å². The topological polar surface area (TPSA) is 56.7 Å². The minimum Gasteiger partial charge on any atom is -0.354 e. The summed E-state index contributed by atoms with van der Waals surface area (Å²) in [5.41, 5.74) is 0. The summed E-state index contributed by atoms with van der Waals surface area (Å²) in [5.74, 6) is 3.57. The predicted octanol–water partition coefficient (Wildman–Crippen LogP) is 2.38. The molecule has 2 unspecified atom stereocenters. The van der Waals surface area contributed by atoms with Crippen LogP contribution in [0.4, 0.5) is 0 Å². The molecule has 1 aliphatic heterocycles. The molecule has 0 spiro atoms. The van der Waals surface area contributed by atoms with Crippen LogP contribution in [0.5, 0.6) is 0 Å². The van der Waals surface area contributed by atoms with Gasteiger partial charge >= 0.3 is 0 Å². The molecule has 2 saturated carbocycles. The summed E-state index contributed by atoms with van der Waals surface area (Å²) in [6.45, 7) is 3.75. The third kappa shape index (κ3) is 4.64. The van der Waals surface area contributed by atoms with Gasteiger partial charge in [0, 0.05) is 39.6 Å². The average Bonchev–Trinajstić information content (AvgIpc) is 3.23. The van der Waals surface area contributed by atoms with E-state index in [0.29, 0.717) is 18.9 Å². The van der Waals surface area contributed by atoms with Crippen LogP contribution in [0.1, 0.15) is 57.8 Å². The van der Waals surface area contributed by atoms with Crippen LogP contribution in [0.2, 0.25) is 0 Å². The molecule has 0 radical (unpaired) electrons. The van der Waals surface area contributed by atoms with Crippen LogP contribution in [-0.4, -0.2) is 50.0 Å². The molecule has 5 nitrogen and oxygen atoms in total. The molecule has 3 rings (SSSR count). The fourth-order valence-corrected chi connectivity index (χ4v) is 4.84. The Balaban J connectivity index is 1.33. The highest BCUT2D eigenvalue weighted by molar-refractivity contribution is 5.80.